The third-order valence-electron chi connectivity index (χ3n) is 3.75. The number of carbonyl (C=O) groups excluding carboxylic acids is 1. The standard InChI is InChI=1S/C18H17Cl3N4O2/c1-11(2)15-9-16(23-17(26)27-10-18(19,20)21)25(24-15)13-5-6-14-12(8-13)4-3-7-22-14/h3-9,11H,10H2,1-2H3,(H,23,26). The number of nitrogens with one attached hydrogen (secondary N) is 1. The van der Waals surface area contributed by atoms with Gasteiger partial charge in [-0.3, -0.25) is 10.3 Å². The van der Waals surface area contributed by atoms with E-state index in [-0.39, 0.29) is 12.5 Å². The fourth-order valence-corrected chi connectivity index (χ4v) is 2.61. The molecule has 0 bridgehead atoms. The Morgan fingerprint density at radius 3 is 2.74 bits per heavy atom. The Labute approximate surface area is 171 Å². The van der Waals surface area contributed by atoms with E-state index in [1.165, 1.54) is 0 Å². The van der Waals surface area contributed by atoms with Crippen LogP contribution in [-0.4, -0.2) is 31.3 Å². The maximum absolute atomic E-state index is 12.1. The summed E-state index contributed by atoms with van der Waals surface area (Å²) in [6.07, 6.45) is 1.00. The third-order valence-corrected chi connectivity index (χ3v) is 4.08. The van der Waals surface area contributed by atoms with E-state index in [0.717, 1.165) is 22.3 Å². The first-order valence-electron chi connectivity index (χ1n) is 8.18. The molecule has 1 aromatic carbocycles. The third kappa shape index (κ3) is 5.03. The van der Waals surface area contributed by atoms with E-state index < -0.39 is 9.89 Å². The van der Waals surface area contributed by atoms with Crippen molar-refractivity contribution in [3.05, 3.63) is 48.3 Å². The first-order valence-corrected chi connectivity index (χ1v) is 9.32. The molecular formula is C18H17Cl3N4O2. The molecule has 0 fully saturated rings. The Morgan fingerprint density at radius 1 is 1.26 bits per heavy atom. The lowest BCUT2D eigenvalue weighted by Crippen LogP contribution is -2.22. The lowest BCUT2D eigenvalue weighted by atomic mass is 10.1. The molecular weight excluding hydrogens is 411 g/mol. The van der Waals surface area contributed by atoms with Crippen LogP contribution >= 0.6 is 34.8 Å². The highest BCUT2D eigenvalue weighted by atomic mass is 35.6. The zero-order valence-electron chi connectivity index (χ0n) is 14.6. The van der Waals surface area contributed by atoms with Crippen LogP contribution in [0.2, 0.25) is 0 Å². The molecule has 0 aliphatic rings. The van der Waals surface area contributed by atoms with Gasteiger partial charge in [-0.2, -0.15) is 5.10 Å². The highest BCUT2D eigenvalue weighted by Gasteiger charge is 2.23. The predicted octanol–water partition coefficient (Wildman–Crippen LogP) is 5.46. The summed E-state index contributed by atoms with van der Waals surface area (Å²) in [7, 11) is 0. The van der Waals surface area contributed by atoms with Gasteiger partial charge in [0.05, 0.1) is 16.9 Å². The Bertz CT molecular complexity index is 967. The molecule has 0 spiro atoms. The number of fused-ring (bicyclic) bond motifs is 1. The molecule has 1 amide bonds. The van der Waals surface area contributed by atoms with E-state index in [4.69, 9.17) is 39.5 Å². The number of rotatable bonds is 4. The van der Waals surface area contributed by atoms with Crippen LogP contribution in [0.15, 0.2) is 42.6 Å². The minimum Gasteiger partial charge on any atom is -0.445 e. The van der Waals surface area contributed by atoms with Crippen molar-refractivity contribution < 1.29 is 9.53 Å². The van der Waals surface area contributed by atoms with E-state index in [0.29, 0.717) is 5.82 Å². The van der Waals surface area contributed by atoms with E-state index in [9.17, 15) is 4.79 Å². The van der Waals surface area contributed by atoms with E-state index in [2.05, 4.69) is 15.4 Å². The number of hydrogen-bond acceptors (Lipinski definition) is 4. The van der Waals surface area contributed by atoms with Crippen molar-refractivity contribution in [3.8, 4) is 5.69 Å². The largest absolute Gasteiger partial charge is 0.445 e. The summed E-state index contributed by atoms with van der Waals surface area (Å²) in [6, 6.07) is 11.3. The maximum Gasteiger partial charge on any atom is 0.412 e. The van der Waals surface area contributed by atoms with Crippen LogP contribution in [0, 0.1) is 0 Å². The first kappa shape index (κ1) is 19.7. The normalized spacial score (nSPS) is 11.8. The molecule has 0 unspecified atom stereocenters. The molecule has 27 heavy (non-hydrogen) atoms. The fourth-order valence-electron chi connectivity index (χ4n) is 2.45. The summed E-state index contributed by atoms with van der Waals surface area (Å²) < 4.78 is 4.91. The van der Waals surface area contributed by atoms with E-state index in [1.807, 2.05) is 44.2 Å². The van der Waals surface area contributed by atoms with Gasteiger partial charge in [-0.1, -0.05) is 54.7 Å². The number of anilines is 1. The Balaban J connectivity index is 1.92. The summed E-state index contributed by atoms with van der Waals surface area (Å²) in [5.74, 6) is 0.627. The molecule has 0 saturated carbocycles. The SMILES string of the molecule is CC(C)c1cc(NC(=O)OCC(Cl)(Cl)Cl)n(-c2ccc3ncccc3c2)n1. The van der Waals surface area contributed by atoms with Gasteiger partial charge in [0.15, 0.2) is 0 Å². The number of halogens is 3. The number of ether oxygens (including phenoxy) is 1. The molecule has 6 nitrogen and oxygen atoms in total. The lowest BCUT2D eigenvalue weighted by Gasteiger charge is -2.13. The Morgan fingerprint density at radius 2 is 2.04 bits per heavy atom. The van der Waals surface area contributed by atoms with Crippen LogP contribution in [-0.2, 0) is 4.74 Å². The zero-order valence-corrected chi connectivity index (χ0v) is 16.9. The van der Waals surface area contributed by atoms with Crippen molar-refractivity contribution in [2.75, 3.05) is 11.9 Å². The summed E-state index contributed by atoms with van der Waals surface area (Å²) in [4.78, 5) is 16.4. The molecule has 2 heterocycles. The van der Waals surface area contributed by atoms with Gasteiger partial charge in [0.25, 0.3) is 0 Å². The number of alkyl halides is 3. The molecule has 3 aromatic rings. The highest BCUT2D eigenvalue weighted by molar-refractivity contribution is 6.67. The van der Waals surface area contributed by atoms with E-state index in [1.54, 1.807) is 16.9 Å². The topological polar surface area (TPSA) is 69.0 Å². The summed E-state index contributed by atoms with van der Waals surface area (Å²) >= 11 is 16.8. The van der Waals surface area contributed by atoms with Crippen LogP contribution in [0.3, 0.4) is 0 Å². The summed E-state index contributed by atoms with van der Waals surface area (Å²) in [6.45, 7) is 3.67. The molecule has 0 atom stereocenters. The van der Waals surface area contributed by atoms with Crippen LogP contribution < -0.4 is 5.32 Å². The van der Waals surface area contributed by atoms with Crippen molar-refractivity contribution in [1.29, 1.82) is 0 Å². The van der Waals surface area contributed by atoms with Gasteiger partial charge < -0.3 is 4.74 Å². The van der Waals surface area contributed by atoms with Crippen molar-refractivity contribution in [3.63, 3.8) is 0 Å². The number of hydrogen-bond donors (Lipinski definition) is 1. The Hall–Kier alpha value is -2.02. The van der Waals surface area contributed by atoms with Crippen molar-refractivity contribution >= 4 is 57.6 Å². The molecule has 142 valence electrons. The first-order chi connectivity index (χ1) is 12.7. The molecule has 0 saturated heterocycles. The number of amides is 1. The average Bonchev–Trinajstić information content (AvgIpc) is 3.03. The number of nitrogens with zero attached hydrogens (tertiary/aromatic N) is 3. The number of pyridine rings is 1. The molecule has 0 aliphatic carbocycles. The van der Waals surface area contributed by atoms with E-state index >= 15 is 0 Å². The maximum atomic E-state index is 12.1. The monoisotopic (exact) mass is 426 g/mol. The average molecular weight is 428 g/mol. The zero-order chi connectivity index (χ0) is 19.6. The van der Waals surface area contributed by atoms with Gasteiger partial charge in [-0.15, -0.1) is 0 Å². The quantitative estimate of drug-likeness (QED) is 0.561. The number of benzene rings is 1. The molecule has 0 aliphatic heterocycles. The van der Waals surface area contributed by atoms with Gasteiger partial charge in [0.2, 0.25) is 3.79 Å². The van der Waals surface area contributed by atoms with Crippen LogP contribution in [0.1, 0.15) is 25.5 Å². The molecule has 1 N–H and O–H groups in total. The van der Waals surface area contributed by atoms with Gasteiger partial charge in [-0.05, 0) is 30.2 Å². The van der Waals surface area contributed by atoms with Crippen molar-refractivity contribution in [1.82, 2.24) is 14.8 Å². The lowest BCUT2D eigenvalue weighted by molar-refractivity contribution is 0.163. The molecule has 3 rings (SSSR count). The summed E-state index contributed by atoms with van der Waals surface area (Å²) in [5.41, 5.74) is 2.46. The van der Waals surface area contributed by atoms with Gasteiger partial charge in [-0.25, -0.2) is 9.48 Å². The van der Waals surface area contributed by atoms with Gasteiger partial charge in [0, 0.05) is 17.6 Å². The predicted molar refractivity (Wildman–Crippen MR) is 108 cm³/mol. The molecule has 9 heteroatoms. The number of carbonyl (C=O) groups is 1. The smallest absolute Gasteiger partial charge is 0.412 e. The number of aromatic nitrogens is 3. The van der Waals surface area contributed by atoms with Gasteiger partial charge in [0.1, 0.15) is 12.4 Å². The minimum absolute atomic E-state index is 0.172. The second kappa shape index (κ2) is 7.92. The van der Waals surface area contributed by atoms with Crippen LogP contribution in [0.5, 0.6) is 0 Å². The second-order valence-electron chi connectivity index (χ2n) is 6.22. The molecule has 0 radical (unpaired) electrons. The van der Waals surface area contributed by atoms with Gasteiger partial charge >= 0.3 is 6.09 Å². The minimum atomic E-state index is -1.67. The van der Waals surface area contributed by atoms with Crippen LogP contribution in [0.25, 0.3) is 16.6 Å². The molecule has 2 aromatic heterocycles. The summed E-state index contributed by atoms with van der Waals surface area (Å²) in [5, 5.41) is 8.21. The Kier molecular flexibility index (Phi) is 5.79. The highest BCUT2D eigenvalue weighted by Crippen LogP contribution is 2.27. The fraction of sp³-hybridized carbons (Fsp3) is 0.278. The van der Waals surface area contributed by atoms with Crippen molar-refractivity contribution in [2.24, 2.45) is 0 Å². The second-order valence-corrected chi connectivity index (χ2v) is 8.73. The van der Waals surface area contributed by atoms with Crippen molar-refractivity contribution in [2.45, 2.75) is 23.6 Å². The van der Waals surface area contributed by atoms with Crippen LogP contribution in [0.4, 0.5) is 10.6 Å².